The van der Waals surface area contributed by atoms with Crippen molar-refractivity contribution in [2.75, 3.05) is 13.2 Å². The Balaban J connectivity index is 2.56. The van der Waals surface area contributed by atoms with E-state index in [1.54, 1.807) is 13.0 Å². The lowest BCUT2D eigenvalue weighted by molar-refractivity contribution is -0.385. The highest BCUT2D eigenvalue weighted by Crippen LogP contribution is 2.43. The molecule has 1 N–H and O–H groups in total. The number of benzene rings is 1. The molecule has 0 fully saturated rings. The third kappa shape index (κ3) is 6.97. The summed E-state index contributed by atoms with van der Waals surface area (Å²) in [6.07, 6.45) is -1.51. The summed E-state index contributed by atoms with van der Waals surface area (Å²) >= 11 is 0. The number of carbonyl (C=O) groups excluding carboxylic acids is 2. The van der Waals surface area contributed by atoms with Crippen LogP contribution in [0.15, 0.2) is 47.2 Å². The molecule has 0 saturated carbocycles. The average Bonchev–Trinajstić information content (AvgIpc) is 2.78. The van der Waals surface area contributed by atoms with Crippen LogP contribution in [0.25, 0.3) is 0 Å². The maximum Gasteiger partial charge on any atom is 0.513 e. The van der Waals surface area contributed by atoms with Gasteiger partial charge in [-0.3, -0.25) is 10.1 Å². The number of rotatable bonds is 9. The number of nitro groups is 1. The predicted octanol–water partition coefficient (Wildman–Crippen LogP) is 5.75. The van der Waals surface area contributed by atoms with Crippen molar-refractivity contribution in [2.45, 2.75) is 53.9 Å². The van der Waals surface area contributed by atoms with Crippen LogP contribution in [0.4, 0.5) is 15.3 Å². The SMILES string of the molecule is CCC1=C(OC(=O)OCC(C)C)C(c2ccccc2[N+](=O)[O-])C(OC(=O)OCC(C)C)=C(C)N1. The van der Waals surface area contributed by atoms with Crippen LogP contribution in [0, 0.1) is 22.0 Å². The summed E-state index contributed by atoms with van der Waals surface area (Å²) in [6, 6.07) is 6.01. The Labute approximate surface area is 199 Å². The number of hydrogen-bond acceptors (Lipinski definition) is 9. The first kappa shape index (κ1) is 26.7. The first-order valence-electron chi connectivity index (χ1n) is 11.2. The fourth-order valence-corrected chi connectivity index (χ4v) is 3.27. The number of dihydropyridines is 1. The third-order valence-corrected chi connectivity index (χ3v) is 4.78. The van der Waals surface area contributed by atoms with Crippen LogP contribution in [0.3, 0.4) is 0 Å². The normalized spacial score (nSPS) is 15.8. The minimum Gasteiger partial charge on any atom is -0.434 e. The van der Waals surface area contributed by atoms with Gasteiger partial charge in [-0.15, -0.1) is 0 Å². The fourth-order valence-electron chi connectivity index (χ4n) is 3.27. The third-order valence-electron chi connectivity index (χ3n) is 4.78. The number of carbonyl (C=O) groups is 2. The number of nitro benzene ring substituents is 1. The zero-order valence-corrected chi connectivity index (χ0v) is 20.4. The molecule has 10 heteroatoms. The summed E-state index contributed by atoms with van der Waals surface area (Å²) in [5, 5.41) is 14.9. The standard InChI is InChI=1S/C24H32N2O8/c1-7-18-22(34-24(28)32-13-15(4)5)20(17-10-8-9-11-19(17)26(29)30)21(16(6)25-18)33-23(27)31-12-14(2)3/h8-11,14-15,20,25H,7,12-13H2,1-6H3. The van der Waals surface area contributed by atoms with E-state index in [0.29, 0.717) is 17.8 Å². The Kier molecular flexibility index (Phi) is 9.47. The molecule has 0 aliphatic carbocycles. The zero-order chi connectivity index (χ0) is 25.4. The number of allylic oxidation sites excluding steroid dienone is 2. The van der Waals surface area contributed by atoms with Gasteiger partial charge in [0.2, 0.25) is 0 Å². The summed E-state index contributed by atoms with van der Waals surface area (Å²) in [5.41, 5.74) is 0.915. The summed E-state index contributed by atoms with van der Waals surface area (Å²) in [5.74, 6) is -0.801. The minimum absolute atomic E-state index is 0.0342. The maximum atomic E-state index is 12.5. The highest BCUT2D eigenvalue weighted by Gasteiger charge is 2.39. The highest BCUT2D eigenvalue weighted by atomic mass is 16.7. The molecule has 1 aliphatic heterocycles. The molecule has 186 valence electrons. The van der Waals surface area contributed by atoms with Crippen LogP contribution in [0.1, 0.15) is 59.4 Å². The van der Waals surface area contributed by atoms with E-state index in [2.05, 4.69) is 5.32 Å². The summed E-state index contributed by atoms with van der Waals surface area (Å²) in [4.78, 5) is 36.2. The van der Waals surface area contributed by atoms with E-state index in [4.69, 9.17) is 18.9 Å². The Morgan fingerprint density at radius 2 is 1.53 bits per heavy atom. The van der Waals surface area contributed by atoms with E-state index in [1.807, 2.05) is 34.6 Å². The van der Waals surface area contributed by atoms with Crippen molar-refractivity contribution in [3.05, 3.63) is 62.9 Å². The Morgan fingerprint density at radius 1 is 1.00 bits per heavy atom. The number of nitrogens with one attached hydrogen (secondary N) is 1. The summed E-state index contributed by atoms with van der Waals surface area (Å²) < 4.78 is 21.4. The van der Waals surface area contributed by atoms with Gasteiger partial charge in [0.15, 0.2) is 0 Å². The number of nitrogens with zero attached hydrogens (tertiary/aromatic N) is 1. The van der Waals surface area contributed by atoms with Crippen molar-refractivity contribution in [1.82, 2.24) is 5.32 Å². The molecular formula is C24H32N2O8. The van der Waals surface area contributed by atoms with Crippen molar-refractivity contribution in [1.29, 1.82) is 0 Å². The van der Waals surface area contributed by atoms with Gasteiger partial charge in [0.25, 0.3) is 5.69 Å². The van der Waals surface area contributed by atoms with Gasteiger partial charge in [0.05, 0.1) is 29.5 Å². The largest absolute Gasteiger partial charge is 0.513 e. The summed E-state index contributed by atoms with van der Waals surface area (Å²) in [6.45, 7) is 11.3. The quantitative estimate of drug-likeness (QED) is 0.269. The van der Waals surface area contributed by atoms with Gasteiger partial charge in [-0.1, -0.05) is 52.8 Å². The van der Waals surface area contributed by atoms with Crippen molar-refractivity contribution < 1.29 is 33.5 Å². The van der Waals surface area contributed by atoms with Crippen LogP contribution in [-0.2, 0) is 18.9 Å². The molecule has 0 amide bonds. The van der Waals surface area contributed by atoms with Crippen LogP contribution >= 0.6 is 0 Å². The van der Waals surface area contributed by atoms with E-state index < -0.39 is 23.2 Å². The molecule has 1 aromatic carbocycles. The van der Waals surface area contributed by atoms with Crippen molar-refractivity contribution >= 4 is 18.0 Å². The first-order valence-corrected chi connectivity index (χ1v) is 11.2. The molecule has 10 nitrogen and oxygen atoms in total. The second-order valence-electron chi connectivity index (χ2n) is 8.67. The molecular weight excluding hydrogens is 444 g/mol. The lowest BCUT2D eigenvalue weighted by Gasteiger charge is -2.31. The lowest BCUT2D eigenvalue weighted by atomic mass is 9.88. The maximum absolute atomic E-state index is 12.5. The molecule has 1 aromatic rings. The second kappa shape index (κ2) is 12.1. The lowest BCUT2D eigenvalue weighted by Crippen LogP contribution is -2.30. The van der Waals surface area contributed by atoms with E-state index in [-0.39, 0.29) is 47.8 Å². The molecule has 2 rings (SSSR count). The van der Waals surface area contributed by atoms with Crippen LogP contribution < -0.4 is 5.32 Å². The van der Waals surface area contributed by atoms with Gasteiger partial charge in [0.1, 0.15) is 17.4 Å². The van der Waals surface area contributed by atoms with Gasteiger partial charge < -0.3 is 24.3 Å². The van der Waals surface area contributed by atoms with Gasteiger partial charge in [-0.2, -0.15) is 0 Å². The Hall–Kier alpha value is -3.56. The minimum atomic E-state index is -1.06. The fraction of sp³-hybridized carbons (Fsp3) is 0.500. The van der Waals surface area contributed by atoms with Gasteiger partial charge in [-0.25, -0.2) is 9.59 Å². The monoisotopic (exact) mass is 476 g/mol. The number of hydrogen-bond donors (Lipinski definition) is 1. The zero-order valence-electron chi connectivity index (χ0n) is 20.4. The van der Waals surface area contributed by atoms with Crippen LogP contribution in [0.2, 0.25) is 0 Å². The topological polar surface area (TPSA) is 126 Å². The van der Waals surface area contributed by atoms with Gasteiger partial charge in [-0.05, 0) is 25.2 Å². The van der Waals surface area contributed by atoms with E-state index >= 15 is 0 Å². The first-order chi connectivity index (χ1) is 16.0. The van der Waals surface area contributed by atoms with Crippen LogP contribution in [0.5, 0.6) is 0 Å². The van der Waals surface area contributed by atoms with E-state index in [0.717, 1.165) is 0 Å². The van der Waals surface area contributed by atoms with Crippen molar-refractivity contribution in [3.8, 4) is 0 Å². The molecule has 0 bridgehead atoms. The molecule has 1 unspecified atom stereocenters. The van der Waals surface area contributed by atoms with Gasteiger partial charge in [0, 0.05) is 11.6 Å². The Bertz CT molecular complexity index is 981. The van der Waals surface area contributed by atoms with Gasteiger partial charge >= 0.3 is 12.3 Å². The smallest absolute Gasteiger partial charge is 0.434 e. The van der Waals surface area contributed by atoms with E-state index in [1.165, 1.54) is 18.2 Å². The molecule has 1 heterocycles. The Morgan fingerprint density at radius 3 is 2.03 bits per heavy atom. The molecule has 0 radical (unpaired) electrons. The molecule has 0 aromatic heterocycles. The summed E-state index contributed by atoms with van der Waals surface area (Å²) in [7, 11) is 0. The molecule has 0 saturated heterocycles. The average molecular weight is 477 g/mol. The molecule has 0 spiro atoms. The van der Waals surface area contributed by atoms with Crippen molar-refractivity contribution in [2.24, 2.45) is 11.8 Å². The second-order valence-corrected chi connectivity index (χ2v) is 8.67. The van der Waals surface area contributed by atoms with Crippen molar-refractivity contribution in [3.63, 3.8) is 0 Å². The number of ether oxygens (including phenoxy) is 4. The molecule has 1 aliphatic rings. The number of para-hydroxylation sites is 1. The highest BCUT2D eigenvalue weighted by molar-refractivity contribution is 5.66. The molecule has 1 atom stereocenters. The predicted molar refractivity (Wildman–Crippen MR) is 124 cm³/mol. The van der Waals surface area contributed by atoms with E-state index in [9.17, 15) is 19.7 Å². The van der Waals surface area contributed by atoms with Crippen LogP contribution in [-0.4, -0.2) is 30.4 Å². The molecule has 34 heavy (non-hydrogen) atoms.